The Morgan fingerprint density at radius 2 is 2.06 bits per heavy atom. The van der Waals surface area contributed by atoms with E-state index in [0.717, 1.165) is 29.2 Å². The number of fused-ring (bicyclic) bond motifs is 1. The van der Waals surface area contributed by atoms with E-state index < -0.39 is 5.97 Å². The average Bonchev–Trinajstić information content (AvgIpc) is 2.38. The Labute approximate surface area is 106 Å². The third kappa shape index (κ3) is 2.68. The second kappa shape index (κ2) is 5.65. The Kier molecular flexibility index (Phi) is 3.95. The molecule has 0 heterocycles. The maximum Gasteiger partial charge on any atom is 0.336 e. The minimum Gasteiger partial charge on any atom is -0.478 e. The number of rotatable bonds is 5. The van der Waals surface area contributed by atoms with Gasteiger partial charge in [-0.2, -0.15) is 0 Å². The first-order chi connectivity index (χ1) is 8.72. The van der Waals surface area contributed by atoms with Crippen molar-refractivity contribution in [2.24, 2.45) is 0 Å². The van der Waals surface area contributed by atoms with Gasteiger partial charge in [0, 0.05) is 13.7 Å². The molecule has 2 aromatic carbocycles. The summed E-state index contributed by atoms with van der Waals surface area (Å²) in [6, 6.07) is 11.4. The van der Waals surface area contributed by atoms with Crippen molar-refractivity contribution >= 4 is 16.7 Å². The van der Waals surface area contributed by atoms with Crippen molar-refractivity contribution in [1.29, 1.82) is 0 Å². The van der Waals surface area contributed by atoms with Crippen LogP contribution in [0.5, 0.6) is 0 Å². The van der Waals surface area contributed by atoms with E-state index in [-0.39, 0.29) is 0 Å². The molecule has 0 spiro atoms. The highest BCUT2D eigenvalue weighted by atomic mass is 16.5. The molecule has 0 aliphatic carbocycles. The van der Waals surface area contributed by atoms with Crippen molar-refractivity contribution in [3.63, 3.8) is 0 Å². The molecule has 1 N–H and O–H groups in total. The Morgan fingerprint density at radius 3 is 2.78 bits per heavy atom. The van der Waals surface area contributed by atoms with E-state index in [4.69, 9.17) is 4.74 Å². The summed E-state index contributed by atoms with van der Waals surface area (Å²) >= 11 is 0. The highest BCUT2D eigenvalue weighted by Crippen LogP contribution is 2.22. The maximum absolute atomic E-state index is 11.3. The predicted molar refractivity (Wildman–Crippen MR) is 71.1 cm³/mol. The lowest BCUT2D eigenvalue weighted by molar-refractivity contribution is 0.0699. The molecule has 0 saturated heterocycles. The second-order valence-electron chi connectivity index (χ2n) is 4.27. The van der Waals surface area contributed by atoms with Crippen LogP contribution in [0.25, 0.3) is 10.8 Å². The number of carboxylic acids is 1. The Hall–Kier alpha value is -1.87. The molecule has 0 fully saturated rings. The van der Waals surface area contributed by atoms with E-state index in [1.165, 1.54) is 0 Å². The van der Waals surface area contributed by atoms with Gasteiger partial charge in [0.15, 0.2) is 0 Å². The van der Waals surface area contributed by atoms with Crippen LogP contribution in [-0.2, 0) is 11.2 Å². The number of methoxy groups -OCH3 is 1. The number of hydrogen-bond donors (Lipinski definition) is 1. The number of carboxylic acid groups (broad SMARTS) is 1. The molecular formula is C15H16O3. The third-order valence-corrected chi connectivity index (χ3v) is 2.97. The summed E-state index contributed by atoms with van der Waals surface area (Å²) in [4.78, 5) is 11.3. The van der Waals surface area contributed by atoms with Crippen molar-refractivity contribution < 1.29 is 14.6 Å². The zero-order valence-electron chi connectivity index (χ0n) is 10.3. The van der Waals surface area contributed by atoms with Crippen LogP contribution >= 0.6 is 0 Å². The largest absolute Gasteiger partial charge is 0.478 e. The van der Waals surface area contributed by atoms with Crippen LogP contribution in [0.1, 0.15) is 22.3 Å². The Morgan fingerprint density at radius 1 is 1.28 bits per heavy atom. The van der Waals surface area contributed by atoms with Crippen molar-refractivity contribution in [2.45, 2.75) is 12.8 Å². The van der Waals surface area contributed by atoms with Crippen LogP contribution in [0.4, 0.5) is 0 Å². The van der Waals surface area contributed by atoms with Crippen LogP contribution in [0.3, 0.4) is 0 Å². The fraction of sp³-hybridized carbons (Fsp3) is 0.267. The van der Waals surface area contributed by atoms with Gasteiger partial charge in [0.2, 0.25) is 0 Å². The molecule has 0 atom stereocenters. The van der Waals surface area contributed by atoms with Crippen molar-refractivity contribution in [2.75, 3.05) is 13.7 Å². The van der Waals surface area contributed by atoms with E-state index >= 15 is 0 Å². The highest BCUT2D eigenvalue weighted by Gasteiger charge is 2.09. The highest BCUT2D eigenvalue weighted by molar-refractivity contribution is 6.04. The van der Waals surface area contributed by atoms with Crippen LogP contribution in [0.2, 0.25) is 0 Å². The number of hydrogen-bond acceptors (Lipinski definition) is 2. The second-order valence-corrected chi connectivity index (χ2v) is 4.27. The lowest BCUT2D eigenvalue weighted by Gasteiger charge is -2.07. The summed E-state index contributed by atoms with van der Waals surface area (Å²) in [5, 5.41) is 11.0. The molecule has 2 aromatic rings. The minimum absolute atomic E-state index is 0.375. The molecule has 0 bridgehead atoms. The van der Waals surface area contributed by atoms with Gasteiger partial charge in [-0.25, -0.2) is 4.79 Å². The van der Waals surface area contributed by atoms with Crippen molar-refractivity contribution in [3.05, 3.63) is 47.5 Å². The van der Waals surface area contributed by atoms with E-state index in [0.29, 0.717) is 12.2 Å². The van der Waals surface area contributed by atoms with E-state index in [9.17, 15) is 9.90 Å². The van der Waals surface area contributed by atoms with Crippen LogP contribution in [-0.4, -0.2) is 24.8 Å². The first-order valence-corrected chi connectivity index (χ1v) is 5.96. The third-order valence-electron chi connectivity index (χ3n) is 2.97. The van der Waals surface area contributed by atoms with Gasteiger partial charge in [0.25, 0.3) is 0 Å². The summed E-state index contributed by atoms with van der Waals surface area (Å²) in [6.45, 7) is 0.690. The number of aromatic carboxylic acids is 1. The van der Waals surface area contributed by atoms with E-state index in [1.807, 2.05) is 24.3 Å². The van der Waals surface area contributed by atoms with Gasteiger partial charge < -0.3 is 9.84 Å². The number of aryl methyl sites for hydroxylation is 1. The molecule has 18 heavy (non-hydrogen) atoms. The van der Waals surface area contributed by atoms with Crippen LogP contribution in [0.15, 0.2) is 36.4 Å². The molecular weight excluding hydrogens is 228 g/mol. The number of benzene rings is 2. The first kappa shape index (κ1) is 12.6. The van der Waals surface area contributed by atoms with Gasteiger partial charge in [-0.3, -0.25) is 0 Å². The monoisotopic (exact) mass is 244 g/mol. The molecule has 94 valence electrons. The molecule has 0 aliphatic rings. The van der Waals surface area contributed by atoms with Gasteiger partial charge in [-0.05, 0) is 35.2 Å². The number of carbonyl (C=O) groups is 1. The maximum atomic E-state index is 11.3. The van der Waals surface area contributed by atoms with Crippen molar-refractivity contribution in [3.8, 4) is 0 Å². The smallest absolute Gasteiger partial charge is 0.336 e. The van der Waals surface area contributed by atoms with Gasteiger partial charge in [-0.15, -0.1) is 0 Å². The molecule has 2 rings (SSSR count). The Bertz CT molecular complexity index is 561. The lowest BCUT2D eigenvalue weighted by Crippen LogP contribution is -2.00. The van der Waals surface area contributed by atoms with Gasteiger partial charge in [0.05, 0.1) is 5.56 Å². The van der Waals surface area contributed by atoms with Crippen molar-refractivity contribution in [1.82, 2.24) is 0 Å². The molecule has 0 aliphatic heterocycles. The Balaban J connectivity index is 2.41. The summed E-state index contributed by atoms with van der Waals surface area (Å²) < 4.78 is 5.01. The van der Waals surface area contributed by atoms with Crippen LogP contribution < -0.4 is 0 Å². The standard InChI is InChI=1S/C15H16O3/c1-18-8-4-5-11-9-12-6-2-3-7-13(12)14(10-11)15(16)17/h2-3,6-7,9-10H,4-5,8H2,1H3,(H,16,17). The predicted octanol–water partition coefficient (Wildman–Crippen LogP) is 3.12. The fourth-order valence-electron chi connectivity index (χ4n) is 2.11. The fourth-order valence-corrected chi connectivity index (χ4v) is 2.11. The average molecular weight is 244 g/mol. The van der Waals surface area contributed by atoms with Crippen LogP contribution in [0, 0.1) is 0 Å². The van der Waals surface area contributed by atoms with Gasteiger partial charge in [-0.1, -0.05) is 30.3 Å². The normalized spacial score (nSPS) is 10.7. The summed E-state index contributed by atoms with van der Waals surface area (Å²) in [5.74, 6) is -0.875. The van der Waals surface area contributed by atoms with Gasteiger partial charge in [0.1, 0.15) is 0 Å². The minimum atomic E-state index is -0.875. The summed E-state index contributed by atoms with van der Waals surface area (Å²) in [6.07, 6.45) is 1.73. The molecule has 0 unspecified atom stereocenters. The van der Waals surface area contributed by atoms with Gasteiger partial charge >= 0.3 is 5.97 Å². The first-order valence-electron chi connectivity index (χ1n) is 5.96. The molecule has 3 heteroatoms. The summed E-state index contributed by atoms with van der Waals surface area (Å²) in [5.41, 5.74) is 1.42. The zero-order valence-corrected chi connectivity index (χ0v) is 10.3. The topological polar surface area (TPSA) is 46.5 Å². The van der Waals surface area contributed by atoms with E-state index in [2.05, 4.69) is 6.07 Å². The van der Waals surface area contributed by atoms with E-state index in [1.54, 1.807) is 13.2 Å². The zero-order chi connectivity index (χ0) is 13.0. The quantitative estimate of drug-likeness (QED) is 0.822. The molecule has 0 radical (unpaired) electrons. The summed E-state index contributed by atoms with van der Waals surface area (Å²) in [7, 11) is 1.67. The lowest BCUT2D eigenvalue weighted by atomic mass is 9.99. The number of ether oxygens (including phenoxy) is 1. The molecule has 0 saturated carbocycles. The molecule has 0 aromatic heterocycles. The SMILES string of the molecule is COCCCc1cc(C(=O)O)c2ccccc2c1. The molecule has 3 nitrogen and oxygen atoms in total. The molecule has 0 amide bonds.